The second-order valence-electron chi connectivity index (χ2n) is 4.94. The summed E-state index contributed by atoms with van der Waals surface area (Å²) in [5.41, 5.74) is 0. The van der Waals surface area contributed by atoms with Gasteiger partial charge in [-0.15, -0.1) is 0 Å². The molecule has 0 spiro atoms. The number of carboxylic acids is 1. The van der Waals surface area contributed by atoms with E-state index in [1.54, 1.807) is 0 Å². The predicted molar refractivity (Wildman–Crippen MR) is 61.3 cm³/mol. The lowest BCUT2D eigenvalue weighted by Crippen LogP contribution is -2.49. The van der Waals surface area contributed by atoms with Crippen molar-refractivity contribution < 1.29 is 23.1 Å². The van der Waals surface area contributed by atoms with E-state index in [9.17, 15) is 18.0 Å². The van der Waals surface area contributed by atoms with Crippen LogP contribution in [0.1, 0.15) is 45.4 Å². The summed E-state index contributed by atoms with van der Waals surface area (Å²) in [6.45, 7) is 2.49. The summed E-state index contributed by atoms with van der Waals surface area (Å²) in [7, 11) is 0. The maximum atomic E-state index is 12.0. The first-order valence-corrected chi connectivity index (χ1v) is 6.36. The van der Waals surface area contributed by atoms with Crippen molar-refractivity contribution in [3.63, 3.8) is 0 Å². The molecule has 0 bridgehead atoms. The van der Waals surface area contributed by atoms with Gasteiger partial charge in [-0.2, -0.15) is 13.2 Å². The highest BCUT2D eigenvalue weighted by Gasteiger charge is 2.32. The minimum Gasteiger partial charge on any atom is -0.480 e. The SMILES string of the molecule is CC(CCCC(F)(F)F)N1CCCCC1C(=O)O. The fraction of sp³-hybridized carbons (Fsp3) is 0.917. The van der Waals surface area contributed by atoms with Crippen LogP contribution in [0, 0.1) is 0 Å². The van der Waals surface area contributed by atoms with E-state index in [0.29, 0.717) is 19.4 Å². The molecule has 0 radical (unpaired) electrons. The average Bonchev–Trinajstić information content (AvgIpc) is 2.27. The topological polar surface area (TPSA) is 40.5 Å². The van der Waals surface area contributed by atoms with Gasteiger partial charge in [-0.05, 0) is 39.2 Å². The molecule has 3 nitrogen and oxygen atoms in total. The number of halogens is 3. The molecule has 0 amide bonds. The fourth-order valence-electron chi connectivity index (χ4n) is 2.51. The van der Waals surface area contributed by atoms with Crippen LogP contribution in [0.5, 0.6) is 0 Å². The molecule has 1 fully saturated rings. The van der Waals surface area contributed by atoms with Gasteiger partial charge in [0, 0.05) is 12.5 Å². The van der Waals surface area contributed by atoms with Crippen molar-refractivity contribution in [1.29, 1.82) is 0 Å². The zero-order valence-corrected chi connectivity index (χ0v) is 10.5. The molecule has 1 heterocycles. The highest BCUT2D eigenvalue weighted by Crippen LogP contribution is 2.26. The molecule has 0 aromatic heterocycles. The van der Waals surface area contributed by atoms with E-state index in [2.05, 4.69) is 0 Å². The lowest BCUT2D eigenvalue weighted by molar-refractivity contribution is -0.146. The standard InChI is InChI=1S/C12H20F3NO2/c1-9(5-4-7-12(13,14)15)16-8-3-2-6-10(16)11(17)18/h9-10H,2-8H2,1H3,(H,17,18). The predicted octanol–water partition coefficient (Wildman–Crippen LogP) is 3.05. The Kier molecular flexibility index (Phi) is 5.44. The molecule has 18 heavy (non-hydrogen) atoms. The number of rotatable bonds is 5. The van der Waals surface area contributed by atoms with Gasteiger partial charge in [-0.25, -0.2) is 0 Å². The van der Waals surface area contributed by atoms with Crippen LogP contribution in [0.3, 0.4) is 0 Å². The molecular weight excluding hydrogens is 247 g/mol. The Morgan fingerprint density at radius 2 is 2.11 bits per heavy atom. The quantitative estimate of drug-likeness (QED) is 0.832. The van der Waals surface area contributed by atoms with Gasteiger partial charge in [0.25, 0.3) is 0 Å². The number of aliphatic carboxylic acids is 1. The summed E-state index contributed by atoms with van der Waals surface area (Å²) >= 11 is 0. The number of piperidine rings is 1. The van der Waals surface area contributed by atoms with E-state index in [-0.39, 0.29) is 12.5 Å². The smallest absolute Gasteiger partial charge is 0.389 e. The molecule has 1 rings (SSSR count). The molecule has 0 aliphatic carbocycles. The number of hydrogen-bond donors (Lipinski definition) is 1. The summed E-state index contributed by atoms with van der Waals surface area (Å²) in [4.78, 5) is 12.9. The van der Waals surface area contributed by atoms with Crippen molar-refractivity contribution in [1.82, 2.24) is 4.90 Å². The van der Waals surface area contributed by atoms with Gasteiger partial charge in [0.2, 0.25) is 0 Å². The number of likely N-dealkylation sites (tertiary alicyclic amines) is 1. The number of alkyl halides is 3. The van der Waals surface area contributed by atoms with Gasteiger partial charge in [0.05, 0.1) is 0 Å². The van der Waals surface area contributed by atoms with Crippen molar-refractivity contribution in [2.75, 3.05) is 6.54 Å². The Hall–Kier alpha value is -0.780. The van der Waals surface area contributed by atoms with Crippen molar-refractivity contribution in [3.8, 4) is 0 Å². The minimum atomic E-state index is -4.12. The van der Waals surface area contributed by atoms with Gasteiger partial charge in [-0.3, -0.25) is 9.69 Å². The first-order chi connectivity index (χ1) is 8.31. The molecule has 0 aromatic rings. The van der Waals surface area contributed by atoms with Crippen LogP contribution in [0.25, 0.3) is 0 Å². The highest BCUT2D eigenvalue weighted by molar-refractivity contribution is 5.73. The number of hydrogen-bond acceptors (Lipinski definition) is 2. The van der Waals surface area contributed by atoms with Gasteiger partial charge in [0.15, 0.2) is 0 Å². The lowest BCUT2D eigenvalue weighted by Gasteiger charge is -2.37. The molecule has 1 saturated heterocycles. The van der Waals surface area contributed by atoms with Crippen molar-refractivity contribution in [3.05, 3.63) is 0 Å². The third-order valence-electron chi connectivity index (χ3n) is 3.48. The summed E-state index contributed by atoms with van der Waals surface area (Å²) in [5, 5.41) is 9.09. The van der Waals surface area contributed by atoms with Crippen LogP contribution in [0.15, 0.2) is 0 Å². The summed E-state index contributed by atoms with van der Waals surface area (Å²) in [6.07, 6.45) is -2.05. The van der Waals surface area contributed by atoms with E-state index in [4.69, 9.17) is 5.11 Å². The van der Waals surface area contributed by atoms with Crippen LogP contribution in [-0.2, 0) is 4.79 Å². The lowest BCUT2D eigenvalue weighted by atomic mass is 9.98. The maximum absolute atomic E-state index is 12.0. The summed E-state index contributed by atoms with van der Waals surface area (Å²) in [6, 6.07) is -0.631. The van der Waals surface area contributed by atoms with Crippen LogP contribution >= 0.6 is 0 Å². The summed E-state index contributed by atoms with van der Waals surface area (Å²) < 4.78 is 36.1. The number of carbonyl (C=O) groups is 1. The minimum absolute atomic E-state index is 0.0630. The normalized spacial score (nSPS) is 23.9. The highest BCUT2D eigenvalue weighted by atomic mass is 19.4. The maximum Gasteiger partial charge on any atom is 0.389 e. The molecule has 0 aromatic carbocycles. The molecule has 2 unspecified atom stereocenters. The second kappa shape index (κ2) is 6.41. The van der Waals surface area contributed by atoms with Gasteiger partial charge in [-0.1, -0.05) is 6.42 Å². The van der Waals surface area contributed by atoms with E-state index < -0.39 is 24.6 Å². The van der Waals surface area contributed by atoms with Crippen molar-refractivity contribution >= 4 is 5.97 Å². The molecule has 1 aliphatic rings. The first kappa shape index (κ1) is 15.3. The van der Waals surface area contributed by atoms with Gasteiger partial charge < -0.3 is 5.11 Å². The number of nitrogens with zero attached hydrogens (tertiary/aromatic N) is 1. The molecule has 6 heteroatoms. The van der Waals surface area contributed by atoms with Crippen LogP contribution in [0.4, 0.5) is 13.2 Å². The zero-order chi connectivity index (χ0) is 13.8. The molecule has 1 aliphatic heterocycles. The zero-order valence-electron chi connectivity index (χ0n) is 10.5. The van der Waals surface area contributed by atoms with E-state index in [1.165, 1.54) is 0 Å². The Bertz CT molecular complexity index is 281. The van der Waals surface area contributed by atoms with Crippen molar-refractivity contribution in [2.24, 2.45) is 0 Å². The van der Waals surface area contributed by atoms with Crippen molar-refractivity contribution in [2.45, 2.75) is 63.7 Å². The van der Waals surface area contributed by atoms with E-state index >= 15 is 0 Å². The van der Waals surface area contributed by atoms with Crippen LogP contribution in [-0.4, -0.2) is 40.8 Å². The fourth-order valence-corrected chi connectivity index (χ4v) is 2.51. The molecule has 0 saturated carbocycles. The largest absolute Gasteiger partial charge is 0.480 e. The second-order valence-corrected chi connectivity index (χ2v) is 4.94. The monoisotopic (exact) mass is 267 g/mol. The van der Waals surface area contributed by atoms with Crippen LogP contribution < -0.4 is 0 Å². The van der Waals surface area contributed by atoms with E-state index in [0.717, 1.165) is 12.8 Å². The van der Waals surface area contributed by atoms with Crippen LogP contribution in [0.2, 0.25) is 0 Å². The molecular formula is C12H20F3NO2. The Labute approximate surface area is 105 Å². The van der Waals surface area contributed by atoms with Gasteiger partial charge >= 0.3 is 12.1 Å². The summed E-state index contributed by atoms with van der Waals surface area (Å²) in [5.74, 6) is -0.864. The van der Waals surface area contributed by atoms with E-state index in [1.807, 2.05) is 11.8 Å². The first-order valence-electron chi connectivity index (χ1n) is 6.36. The molecule has 1 N–H and O–H groups in total. The Morgan fingerprint density at radius 1 is 1.44 bits per heavy atom. The average molecular weight is 267 g/mol. The Morgan fingerprint density at radius 3 is 2.67 bits per heavy atom. The number of carboxylic acid groups (broad SMARTS) is 1. The molecule has 106 valence electrons. The third kappa shape index (κ3) is 4.84. The third-order valence-corrected chi connectivity index (χ3v) is 3.48. The molecule has 2 atom stereocenters. The van der Waals surface area contributed by atoms with Gasteiger partial charge in [0.1, 0.15) is 6.04 Å². The Balaban J connectivity index is 2.43.